The summed E-state index contributed by atoms with van der Waals surface area (Å²) in [6, 6.07) is 7.53. The summed E-state index contributed by atoms with van der Waals surface area (Å²) in [6.07, 6.45) is 10.2. The highest BCUT2D eigenvalue weighted by atomic mass is 16.3. The molecule has 0 radical (unpaired) electrons. The van der Waals surface area contributed by atoms with Gasteiger partial charge in [0.15, 0.2) is 0 Å². The molecule has 142 valence electrons. The molecule has 1 aromatic carbocycles. The molecule has 3 heteroatoms. The molecule has 1 aromatic heterocycles. The Morgan fingerprint density at radius 1 is 1.26 bits per heavy atom. The van der Waals surface area contributed by atoms with Crippen LogP contribution in [0.1, 0.15) is 63.1 Å². The van der Waals surface area contributed by atoms with E-state index in [1.165, 1.54) is 30.4 Å². The van der Waals surface area contributed by atoms with E-state index in [4.69, 9.17) is 4.42 Å². The molecule has 1 amide bonds. The lowest BCUT2D eigenvalue weighted by Crippen LogP contribution is -2.19. The van der Waals surface area contributed by atoms with Gasteiger partial charge in [-0.1, -0.05) is 37.6 Å². The predicted octanol–water partition coefficient (Wildman–Crippen LogP) is 6.28. The predicted molar refractivity (Wildman–Crippen MR) is 113 cm³/mol. The highest BCUT2D eigenvalue weighted by Gasteiger charge is 2.26. The molecule has 27 heavy (non-hydrogen) atoms. The van der Waals surface area contributed by atoms with Crippen LogP contribution >= 0.6 is 0 Å². The number of rotatable bonds is 4. The third-order valence-electron chi connectivity index (χ3n) is 5.45. The average Bonchev–Trinajstić information content (AvgIpc) is 3.01. The van der Waals surface area contributed by atoms with Crippen LogP contribution in [0.15, 0.2) is 57.6 Å². The van der Waals surface area contributed by atoms with Crippen LogP contribution in [0.5, 0.6) is 0 Å². The van der Waals surface area contributed by atoms with Crippen LogP contribution in [0.4, 0.5) is 0 Å². The van der Waals surface area contributed by atoms with Crippen LogP contribution in [0, 0.1) is 5.41 Å². The van der Waals surface area contributed by atoms with E-state index in [1.807, 2.05) is 24.3 Å². The third-order valence-corrected chi connectivity index (χ3v) is 5.45. The van der Waals surface area contributed by atoms with Crippen molar-refractivity contribution < 1.29 is 9.21 Å². The van der Waals surface area contributed by atoms with Gasteiger partial charge in [-0.25, -0.2) is 0 Å². The van der Waals surface area contributed by atoms with Crippen LogP contribution in [-0.4, -0.2) is 13.0 Å². The van der Waals surface area contributed by atoms with Crippen LogP contribution in [0.2, 0.25) is 0 Å². The first-order chi connectivity index (χ1) is 12.8. The Bertz CT molecular complexity index is 954. The number of carbonyl (C=O) groups is 1. The zero-order valence-corrected chi connectivity index (χ0v) is 17.0. The van der Waals surface area contributed by atoms with Gasteiger partial charge in [0.1, 0.15) is 11.3 Å². The number of nitrogens with one attached hydrogen (secondary N) is 1. The second kappa shape index (κ2) is 7.59. The summed E-state index contributed by atoms with van der Waals surface area (Å²) >= 11 is 0. The quantitative estimate of drug-likeness (QED) is 0.650. The second-order valence-electron chi connectivity index (χ2n) is 8.13. The summed E-state index contributed by atoms with van der Waals surface area (Å²) in [5, 5.41) is 3.63. The van der Waals surface area contributed by atoms with Crippen molar-refractivity contribution in [3.8, 4) is 0 Å². The Kier molecular flexibility index (Phi) is 5.41. The van der Waals surface area contributed by atoms with Crippen molar-refractivity contribution >= 4 is 23.0 Å². The Morgan fingerprint density at radius 3 is 2.74 bits per heavy atom. The Balaban J connectivity index is 1.84. The van der Waals surface area contributed by atoms with E-state index in [1.54, 1.807) is 13.1 Å². The zero-order valence-electron chi connectivity index (χ0n) is 17.0. The van der Waals surface area contributed by atoms with Gasteiger partial charge < -0.3 is 9.73 Å². The summed E-state index contributed by atoms with van der Waals surface area (Å²) in [5.41, 5.74) is 5.68. The Morgan fingerprint density at radius 2 is 2.04 bits per heavy atom. The maximum Gasteiger partial charge on any atom is 0.251 e. The van der Waals surface area contributed by atoms with Crippen molar-refractivity contribution in [2.24, 2.45) is 5.41 Å². The molecule has 3 nitrogen and oxygen atoms in total. The van der Waals surface area contributed by atoms with Crippen molar-refractivity contribution in [3.63, 3.8) is 0 Å². The van der Waals surface area contributed by atoms with Crippen molar-refractivity contribution in [3.05, 3.63) is 64.5 Å². The lowest BCUT2D eigenvalue weighted by atomic mass is 9.72. The summed E-state index contributed by atoms with van der Waals surface area (Å²) in [4.78, 5) is 11.8. The summed E-state index contributed by atoms with van der Waals surface area (Å²) in [7, 11) is 1.63. The van der Waals surface area contributed by atoms with Crippen molar-refractivity contribution in [2.75, 3.05) is 7.05 Å². The number of hydrogen-bond donors (Lipinski definition) is 1. The summed E-state index contributed by atoms with van der Waals surface area (Å²) in [5.74, 6) is 0.693. The first-order valence-corrected chi connectivity index (χ1v) is 9.62. The fourth-order valence-corrected chi connectivity index (χ4v) is 3.91. The largest absolute Gasteiger partial charge is 0.457 e. The SMILES string of the molecule is CNC(=O)c1ccc2cc(/C=C(C)/C=C/C3=C(C)CCCC3(C)C)oc2c1. The van der Waals surface area contributed by atoms with Gasteiger partial charge in [-0.15, -0.1) is 0 Å². The molecular weight excluding hydrogens is 334 g/mol. The molecule has 0 saturated carbocycles. The van der Waals surface area contributed by atoms with E-state index in [9.17, 15) is 4.79 Å². The smallest absolute Gasteiger partial charge is 0.251 e. The van der Waals surface area contributed by atoms with E-state index in [-0.39, 0.29) is 11.3 Å². The number of fused-ring (bicyclic) bond motifs is 1. The number of amides is 1. The minimum atomic E-state index is -0.108. The topological polar surface area (TPSA) is 42.2 Å². The monoisotopic (exact) mass is 363 g/mol. The first kappa shape index (κ1) is 19.2. The molecule has 3 rings (SSSR count). The van der Waals surface area contributed by atoms with E-state index < -0.39 is 0 Å². The molecule has 2 aromatic rings. The van der Waals surface area contributed by atoms with Crippen LogP contribution < -0.4 is 5.32 Å². The summed E-state index contributed by atoms with van der Waals surface area (Å²) in [6.45, 7) is 9.00. The van der Waals surface area contributed by atoms with E-state index in [2.05, 4.69) is 45.2 Å². The highest BCUT2D eigenvalue weighted by Crippen LogP contribution is 2.40. The zero-order chi connectivity index (χ0) is 19.6. The van der Waals surface area contributed by atoms with E-state index in [0.29, 0.717) is 5.56 Å². The van der Waals surface area contributed by atoms with Gasteiger partial charge in [-0.3, -0.25) is 4.79 Å². The second-order valence-corrected chi connectivity index (χ2v) is 8.13. The number of allylic oxidation sites excluding steroid dienone is 5. The first-order valence-electron chi connectivity index (χ1n) is 9.62. The van der Waals surface area contributed by atoms with Crippen molar-refractivity contribution in [1.29, 1.82) is 0 Å². The van der Waals surface area contributed by atoms with Crippen LogP contribution in [0.3, 0.4) is 0 Å². The number of benzene rings is 1. The van der Waals surface area contributed by atoms with E-state index >= 15 is 0 Å². The molecule has 0 bridgehead atoms. The van der Waals surface area contributed by atoms with Crippen LogP contribution in [-0.2, 0) is 0 Å². The standard InChI is InChI=1S/C24H29NO2/c1-16(8-11-21-17(2)7-6-12-24(21,3)4)13-20-14-18-9-10-19(23(26)25-5)15-22(18)27-20/h8-11,13-15H,6-7,12H2,1-5H3,(H,25,26)/b11-8+,16-13+. The van der Waals surface area contributed by atoms with Gasteiger partial charge in [0.25, 0.3) is 5.91 Å². The highest BCUT2D eigenvalue weighted by molar-refractivity contribution is 5.97. The third kappa shape index (κ3) is 4.24. The van der Waals surface area contributed by atoms with Gasteiger partial charge in [-0.05, 0) is 73.9 Å². The lowest BCUT2D eigenvalue weighted by Gasteiger charge is -2.32. The fourth-order valence-electron chi connectivity index (χ4n) is 3.91. The maximum atomic E-state index is 11.8. The number of hydrogen-bond acceptors (Lipinski definition) is 2. The van der Waals surface area contributed by atoms with Gasteiger partial charge in [-0.2, -0.15) is 0 Å². The molecule has 0 saturated heterocycles. The molecule has 0 atom stereocenters. The van der Waals surface area contributed by atoms with E-state index in [0.717, 1.165) is 22.3 Å². The molecule has 1 aliphatic rings. The number of furan rings is 1. The lowest BCUT2D eigenvalue weighted by molar-refractivity contribution is 0.0963. The molecular formula is C24H29NO2. The minimum absolute atomic E-state index is 0.108. The molecule has 0 unspecified atom stereocenters. The molecule has 0 aliphatic heterocycles. The van der Waals surface area contributed by atoms with Gasteiger partial charge >= 0.3 is 0 Å². The molecule has 1 N–H and O–H groups in total. The minimum Gasteiger partial charge on any atom is -0.457 e. The summed E-state index contributed by atoms with van der Waals surface area (Å²) < 4.78 is 5.93. The Labute approximate surface area is 161 Å². The molecule has 0 fully saturated rings. The molecule has 0 spiro atoms. The fraction of sp³-hybridized carbons (Fsp3) is 0.375. The molecule has 1 aliphatic carbocycles. The van der Waals surface area contributed by atoms with Crippen molar-refractivity contribution in [1.82, 2.24) is 5.32 Å². The van der Waals surface area contributed by atoms with Gasteiger partial charge in [0.05, 0.1) is 0 Å². The normalized spacial score (nSPS) is 17.7. The average molecular weight is 364 g/mol. The van der Waals surface area contributed by atoms with Crippen LogP contribution in [0.25, 0.3) is 17.0 Å². The van der Waals surface area contributed by atoms with Crippen molar-refractivity contribution in [2.45, 2.75) is 47.0 Å². The molecule has 1 heterocycles. The van der Waals surface area contributed by atoms with Gasteiger partial charge in [0.2, 0.25) is 0 Å². The Hall–Kier alpha value is -2.55. The maximum absolute atomic E-state index is 11.8. The van der Waals surface area contributed by atoms with Gasteiger partial charge in [0, 0.05) is 18.0 Å². The number of carbonyl (C=O) groups excluding carboxylic acids is 1.